The van der Waals surface area contributed by atoms with Crippen LogP contribution >= 0.6 is 0 Å². The molecule has 1 saturated heterocycles. The number of epoxide rings is 1. The second-order valence-electron chi connectivity index (χ2n) is 9.15. The van der Waals surface area contributed by atoms with Crippen molar-refractivity contribution in [2.45, 2.75) is 96.2 Å². The first kappa shape index (κ1) is 15.0. The topological polar surface area (TPSA) is 21.8 Å². The summed E-state index contributed by atoms with van der Waals surface area (Å²) in [6.45, 7) is 14.3. The van der Waals surface area contributed by atoms with Crippen molar-refractivity contribution in [3.63, 3.8) is 0 Å². The second kappa shape index (κ2) is 4.56. The van der Waals surface area contributed by atoms with Gasteiger partial charge >= 0.3 is 0 Å². The average molecular weight is 297 g/mol. The van der Waals surface area contributed by atoms with Crippen LogP contribution < -0.4 is 0 Å². The molecule has 0 unspecified atom stereocenters. The normalized spacial score (nSPS) is 44.7. The third-order valence-electron chi connectivity index (χ3n) is 6.78. The van der Waals surface area contributed by atoms with Gasteiger partial charge in [-0.25, -0.2) is 0 Å². The van der Waals surface area contributed by atoms with E-state index in [0.717, 1.165) is 5.92 Å². The number of ether oxygens (including phenoxy) is 1. The van der Waals surface area contributed by atoms with Crippen molar-refractivity contribution in [1.29, 1.82) is 0 Å². The Morgan fingerprint density at radius 3 is 2.50 bits per heavy atom. The van der Waals surface area contributed by atoms with Gasteiger partial charge in [-0.3, -0.25) is 0 Å². The van der Waals surface area contributed by atoms with Gasteiger partial charge in [0, 0.05) is 0 Å². The van der Waals surface area contributed by atoms with Crippen LogP contribution in [0, 0.1) is 11.3 Å². The van der Waals surface area contributed by atoms with E-state index in [1.165, 1.54) is 32.1 Å². The minimum absolute atomic E-state index is 0.309. The molecule has 2 aliphatic carbocycles. The molecule has 1 heterocycles. The van der Waals surface area contributed by atoms with Crippen LogP contribution in [0.5, 0.6) is 0 Å². The summed E-state index contributed by atoms with van der Waals surface area (Å²) in [6, 6.07) is 0. The van der Waals surface area contributed by atoms with Crippen LogP contribution in [0.1, 0.15) is 59.8 Å². The summed E-state index contributed by atoms with van der Waals surface area (Å²) in [5.74, 6) is 0.828. The Bertz CT molecular complexity index is 387. The Hall–Kier alpha value is 0.137. The zero-order chi connectivity index (χ0) is 14.8. The fraction of sp³-hybridized carbons (Fsp3) is 1.00. The summed E-state index contributed by atoms with van der Waals surface area (Å²) in [6.07, 6.45) is 8.14. The Morgan fingerprint density at radius 1 is 1.15 bits per heavy atom. The maximum atomic E-state index is 6.87. The molecular formula is C17H32O2Si. The monoisotopic (exact) mass is 296 g/mol. The van der Waals surface area contributed by atoms with E-state index in [9.17, 15) is 0 Å². The maximum absolute atomic E-state index is 6.87. The molecule has 3 heteroatoms. The van der Waals surface area contributed by atoms with Crippen molar-refractivity contribution in [2.24, 2.45) is 11.3 Å². The number of hydrogen-bond donors (Lipinski definition) is 0. The number of fused-ring (bicyclic) bond motifs is 2. The fourth-order valence-electron chi connectivity index (χ4n) is 4.16. The van der Waals surface area contributed by atoms with Gasteiger partial charge < -0.3 is 9.16 Å². The first-order chi connectivity index (χ1) is 9.13. The summed E-state index contributed by atoms with van der Waals surface area (Å²) in [4.78, 5) is 0. The van der Waals surface area contributed by atoms with Gasteiger partial charge in [-0.05, 0) is 55.1 Å². The lowest BCUT2D eigenvalue weighted by atomic mass is 9.59. The highest BCUT2D eigenvalue weighted by atomic mass is 28.4. The van der Waals surface area contributed by atoms with Crippen LogP contribution in [0.25, 0.3) is 0 Å². The smallest absolute Gasteiger partial charge is 0.192 e. The quantitative estimate of drug-likeness (QED) is 0.542. The van der Waals surface area contributed by atoms with Gasteiger partial charge in [-0.1, -0.05) is 34.1 Å². The lowest BCUT2D eigenvalue weighted by molar-refractivity contribution is -0.0507. The molecule has 2 saturated carbocycles. The Kier molecular flexibility index (Phi) is 3.43. The van der Waals surface area contributed by atoms with Crippen molar-refractivity contribution >= 4 is 8.32 Å². The molecule has 3 rings (SSSR count). The predicted octanol–water partition coefficient (Wildman–Crippen LogP) is 4.74. The first-order valence-corrected chi connectivity index (χ1v) is 11.4. The summed E-state index contributed by atoms with van der Waals surface area (Å²) in [7, 11) is -1.66. The highest BCUT2D eigenvalue weighted by Crippen LogP contribution is 2.57. The van der Waals surface area contributed by atoms with Crippen molar-refractivity contribution in [2.75, 3.05) is 0 Å². The first-order valence-electron chi connectivity index (χ1n) is 8.47. The number of hydrogen-bond acceptors (Lipinski definition) is 2. The molecule has 0 aromatic carbocycles. The van der Waals surface area contributed by atoms with Gasteiger partial charge in [0.15, 0.2) is 8.32 Å². The van der Waals surface area contributed by atoms with E-state index < -0.39 is 8.32 Å². The van der Waals surface area contributed by atoms with E-state index in [1.54, 1.807) is 0 Å². The van der Waals surface area contributed by atoms with E-state index in [2.05, 4.69) is 40.8 Å². The molecule has 1 aliphatic heterocycles. The third-order valence-corrected chi connectivity index (χ3v) is 11.3. The molecule has 0 bridgehead atoms. The SMILES string of the molecule is CC(C)(C)[Si](C)(C)O[C@@H]1CCC[C@@H]2C[C@@H]3O[C@@H]3C[C@]21C. The lowest BCUT2D eigenvalue weighted by Gasteiger charge is -2.52. The van der Waals surface area contributed by atoms with Gasteiger partial charge in [0.1, 0.15) is 0 Å². The predicted molar refractivity (Wildman–Crippen MR) is 85.4 cm³/mol. The van der Waals surface area contributed by atoms with E-state index >= 15 is 0 Å². The molecule has 0 radical (unpaired) electrons. The Balaban J connectivity index is 1.78. The molecule has 2 nitrogen and oxygen atoms in total. The van der Waals surface area contributed by atoms with Crippen molar-refractivity contribution in [3.05, 3.63) is 0 Å². The highest BCUT2D eigenvalue weighted by molar-refractivity contribution is 6.74. The molecule has 20 heavy (non-hydrogen) atoms. The molecule has 5 atom stereocenters. The van der Waals surface area contributed by atoms with Crippen LogP contribution in [0.15, 0.2) is 0 Å². The van der Waals surface area contributed by atoms with Gasteiger partial charge in [-0.2, -0.15) is 0 Å². The summed E-state index contributed by atoms with van der Waals surface area (Å²) in [5, 5.41) is 0.309. The molecular weight excluding hydrogens is 264 g/mol. The molecule has 3 fully saturated rings. The van der Waals surface area contributed by atoms with E-state index in [4.69, 9.17) is 9.16 Å². The van der Waals surface area contributed by atoms with Crippen LogP contribution in [0.3, 0.4) is 0 Å². The molecule has 0 N–H and O–H groups in total. The second-order valence-corrected chi connectivity index (χ2v) is 13.9. The van der Waals surface area contributed by atoms with E-state index in [1.807, 2.05) is 0 Å². The van der Waals surface area contributed by atoms with Gasteiger partial charge in [0.2, 0.25) is 0 Å². The summed E-state index contributed by atoms with van der Waals surface area (Å²) < 4.78 is 12.7. The molecule has 3 aliphatic rings. The average Bonchev–Trinajstić information content (AvgIpc) is 3.02. The molecule has 0 amide bonds. The van der Waals surface area contributed by atoms with Crippen molar-refractivity contribution < 1.29 is 9.16 Å². The molecule has 0 spiro atoms. The largest absolute Gasteiger partial charge is 0.413 e. The Labute approximate surface area is 125 Å². The summed E-state index contributed by atoms with van der Waals surface area (Å²) in [5.41, 5.74) is 0.367. The number of rotatable bonds is 2. The maximum Gasteiger partial charge on any atom is 0.192 e. The molecule has 0 aromatic heterocycles. The van der Waals surface area contributed by atoms with Crippen LogP contribution in [0.4, 0.5) is 0 Å². The third kappa shape index (κ3) is 2.40. The van der Waals surface area contributed by atoms with Crippen LogP contribution in [-0.2, 0) is 9.16 Å². The van der Waals surface area contributed by atoms with E-state index in [-0.39, 0.29) is 0 Å². The van der Waals surface area contributed by atoms with E-state index in [0.29, 0.717) is 28.8 Å². The van der Waals surface area contributed by atoms with Gasteiger partial charge in [-0.15, -0.1) is 0 Å². The standard InChI is InChI=1S/C17H32O2Si/c1-16(2,3)20(5,6)19-15-9-7-8-12-10-13-14(18-13)11-17(12,15)4/h12-15H,7-11H2,1-6H3/t12-,13+,14-,15-,17-/m1/s1. The lowest BCUT2D eigenvalue weighted by Crippen LogP contribution is -2.54. The van der Waals surface area contributed by atoms with Gasteiger partial charge in [0.05, 0.1) is 18.3 Å². The summed E-state index contributed by atoms with van der Waals surface area (Å²) >= 11 is 0. The molecule has 116 valence electrons. The fourth-order valence-corrected chi connectivity index (χ4v) is 5.62. The molecule has 0 aromatic rings. The van der Waals surface area contributed by atoms with Gasteiger partial charge in [0.25, 0.3) is 0 Å². The highest BCUT2D eigenvalue weighted by Gasteiger charge is 2.58. The zero-order valence-electron chi connectivity index (χ0n) is 14.2. The minimum atomic E-state index is -1.66. The zero-order valence-corrected chi connectivity index (χ0v) is 15.2. The minimum Gasteiger partial charge on any atom is -0.413 e. The Morgan fingerprint density at radius 2 is 1.85 bits per heavy atom. The van der Waals surface area contributed by atoms with Crippen LogP contribution in [-0.4, -0.2) is 26.6 Å². The van der Waals surface area contributed by atoms with Crippen molar-refractivity contribution in [3.8, 4) is 0 Å². The van der Waals surface area contributed by atoms with Crippen molar-refractivity contribution in [1.82, 2.24) is 0 Å². The van der Waals surface area contributed by atoms with Crippen LogP contribution in [0.2, 0.25) is 18.1 Å².